The number of ether oxygens (including phenoxy) is 4. The van der Waals surface area contributed by atoms with Crippen molar-refractivity contribution in [1.29, 1.82) is 0 Å². The van der Waals surface area contributed by atoms with Crippen LogP contribution in [0.1, 0.15) is 11.1 Å². The van der Waals surface area contributed by atoms with E-state index in [9.17, 15) is 0 Å². The van der Waals surface area contributed by atoms with Gasteiger partial charge in [-0.1, -0.05) is 30.8 Å². The van der Waals surface area contributed by atoms with E-state index in [0.29, 0.717) is 13.2 Å². The summed E-state index contributed by atoms with van der Waals surface area (Å²) in [4.78, 5) is 0. The molecule has 2 aromatic rings. The molecule has 24 heavy (non-hydrogen) atoms. The van der Waals surface area contributed by atoms with Gasteiger partial charge < -0.3 is 18.9 Å². The Labute approximate surface area is 141 Å². The second kappa shape index (κ2) is 6.57. The lowest BCUT2D eigenvalue weighted by atomic mass is 10.0. The highest BCUT2D eigenvalue weighted by Crippen LogP contribution is 2.25. The van der Waals surface area contributed by atoms with E-state index in [2.05, 4.69) is 30.8 Å². The summed E-state index contributed by atoms with van der Waals surface area (Å²) in [6.45, 7) is 5.73. The van der Waals surface area contributed by atoms with Crippen LogP contribution in [0.25, 0.3) is 0 Å². The quantitative estimate of drug-likeness (QED) is 0.699. The van der Waals surface area contributed by atoms with Crippen molar-refractivity contribution >= 4 is 0 Å². The van der Waals surface area contributed by atoms with E-state index in [1.54, 1.807) is 0 Å². The molecule has 0 spiro atoms. The van der Waals surface area contributed by atoms with Crippen LogP contribution in [-0.2, 0) is 15.9 Å². The molecule has 0 amide bonds. The standard InChI is InChI=1S/C20H20O4/c1-14-20(24-14)13-23-18-8-4-16(5-9-18)10-15-2-6-17(7-3-15)21-11-19-12-22-19/h2-9,19-20H,1,10-13H2. The maximum Gasteiger partial charge on any atom is 0.188 e. The lowest BCUT2D eigenvalue weighted by Gasteiger charge is -2.07. The molecule has 2 aliphatic rings. The molecule has 0 saturated carbocycles. The molecular weight excluding hydrogens is 304 g/mol. The summed E-state index contributed by atoms with van der Waals surface area (Å²) >= 11 is 0. The van der Waals surface area contributed by atoms with Gasteiger partial charge in [-0.2, -0.15) is 0 Å². The van der Waals surface area contributed by atoms with Crippen molar-refractivity contribution in [2.75, 3.05) is 19.8 Å². The van der Waals surface area contributed by atoms with Crippen molar-refractivity contribution in [3.8, 4) is 11.5 Å². The lowest BCUT2D eigenvalue weighted by Crippen LogP contribution is -2.04. The number of epoxide rings is 2. The predicted octanol–water partition coefficient (Wildman–Crippen LogP) is 3.35. The number of rotatable bonds is 8. The first-order valence-corrected chi connectivity index (χ1v) is 8.17. The Bertz CT molecular complexity index is 701. The number of hydrogen-bond donors (Lipinski definition) is 0. The summed E-state index contributed by atoms with van der Waals surface area (Å²) < 4.78 is 21.6. The van der Waals surface area contributed by atoms with E-state index in [-0.39, 0.29) is 12.2 Å². The van der Waals surface area contributed by atoms with Gasteiger partial charge in [-0.15, -0.1) is 0 Å². The van der Waals surface area contributed by atoms with Crippen LogP contribution in [-0.4, -0.2) is 32.0 Å². The van der Waals surface area contributed by atoms with Crippen molar-refractivity contribution < 1.29 is 18.9 Å². The molecule has 124 valence electrons. The molecular formula is C20H20O4. The summed E-state index contributed by atoms with van der Waals surface area (Å²) in [6, 6.07) is 16.4. The SMILES string of the molecule is C=C1OC1COc1ccc(Cc2ccc(OCC3CO3)cc2)cc1. The van der Waals surface area contributed by atoms with Crippen LogP contribution in [0.2, 0.25) is 0 Å². The van der Waals surface area contributed by atoms with Crippen molar-refractivity contribution in [2.45, 2.75) is 18.6 Å². The van der Waals surface area contributed by atoms with Gasteiger partial charge in [0.25, 0.3) is 0 Å². The Hall–Kier alpha value is -2.46. The number of benzene rings is 2. The molecule has 4 rings (SSSR count). The summed E-state index contributed by atoms with van der Waals surface area (Å²) in [5.74, 6) is 2.55. The third-order valence-electron chi connectivity index (χ3n) is 4.09. The van der Waals surface area contributed by atoms with Crippen LogP contribution in [0.3, 0.4) is 0 Å². The third-order valence-corrected chi connectivity index (χ3v) is 4.09. The first kappa shape index (κ1) is 15.1. The minimum atomic E-state index is 0.0666. The molecule has 0 aromatic heterocycles. The van der Waals surface area contributed by atoms with Gasteiger partial charge in [-0.25, -0.2) is 0 Å². The van der Waals surface area contributed by atoms with E-state index < -0.39 is 0 Å². The minimum Gasteiger partial charge on any atom is -0.491 e. The zero-order valence-corrected chi connectivity index (χ0v) is 13.4. The van der Waals surface area contributed by atoms with Gasteiger partial charge in [0.05, 0.1) is 6.61 Å². The second-order valence-corrected chi connectivity index (χ2v) is 6.11. The van der Waals surface area contributed by atoms with Crippen LogP contribution in [0.15, 0.2) is 60.9 Å². The van der Waals surface area contributed by atoms with Crippen LogP contribution in [0.4, 0.5) is 0 Å². The fraction of sp³-hybridized carbons (Fsp3) is 0.300. The van der Waals surface area contributed by atoms with Gasteiger partial charge in [-0.05, 0) is 41.8 Å². The van der Waals surface area contributed by atoms with Crippen molar-refractivity contribution in [1.82, 2.24) is 0 Å². The summed E-state index contributed by atoms with van der Waals surface area (Å²) in [6.07, 6.45) is 1.24. The topological polar surface area (TPSA) is 43.5 Å². The molecule has 2 aliphatic heterocycles. The highest BCUT2D eigenvalue weighted by atomic mass is 16.6. The van der Waals surface area contributed by atoms with Crippen LogP contribution in [0.5, 0.6) is 11.5 Å². The fourth-order valence-electron chi connectivity index (χ4n) is 2.44. The molecule has 2 unspecified atom stereocenters. The Morgan fingerprint density at radius 3 is 1.83 bits per heavy atom. The normalized spacial score (nSPS) is 21.1. The average Bonchev–Trinajstić information content (AvgIpc) is 3.52. The third kappa shape index (κ3) is 4.09. The Kier molecular flexibility index (Phi) is 4.13. The van der Waals surface area contributed by atoms with Crippen molar-refractivity contribution in [3.05, 3.63) is 72.0 Å². The molecule has 0 radical (unpaired) electrons. The minimum absolute atomic E-state index is 0.0666. The zero-order valence-electron chi connectivity index (χ0n) is 13.4. The molecule has 2 saturated heterocycles. The lowest BCUT2D eigenvalue weighted by molar-refractivity contribution is 0.263. The molecule has 0 aliphatic carbocycles. The molecule has 2 aromatic carbocycles. The molecule has 4 nitrogen and oxygen atoms in total. The molecule has 2 atom stereocenters. The van der Waals surface area contributed by atoms with Crippen LogP contribution in [0, 0.1) is 0 Å². The molecule has 0 N–H and O–H groups in total. The maximum atomic E-state index is 5.66. The zero-order chi connectivity index (χ0) is 16.4. The van der Waals surface area contributed by atoms with Crippen molar-refractivity contribution in [3.63, 3.8) is 0 Å². The highest BCUT2D eigenvalue weighted by molar-refractivity contribution is 5.34. The predicted molar refractivity (Wildman–Crippen MR) is 90.4 cm³/mol. The maximum absolute atomic E-state index is 5.66. The van der Waals surface area contributed by atoms with E-state index in [1.165, 1.54) is 11.1 Å². The van der Waals surface area contributed by atoms with Gasteiger partial charge in [0.2, 0.25) is 0 Å². The van der Waals surface area contributed by atoms with Crippen LogP contribution >= 0.6 is 0 Å². The monoisotopic (exact) mass is 324 g/mol. The summed E-state index contributed by atoms with van der Waals surface area (Å²) in [5, 5.41) is 0. The van der Waals surface area contributed by atoms with Gasteiger partial charge in [-0.3, -0.25) is 0 Å². The molecule has 2 heterocycles. The van der Waals surface area contributed by atoms with Gasteiger partial charge in [0.15, 0.2) is 6.10 Å². The van der Waals surface area contributed by atoms with Crippen molar-refractivity contribution in [2.24, 2.45) is 0 Å². The van der Waals surface area contributed by atoms with Crippen LogP contribution < -0.4 is 9.47 Å². The first-order chi connectivity index (χ1) is 11.8. The highest BCUT2D eigenvalue weighted by Gasteiger charge is 2.30. The van der Waals surface area contributed by atoms with Gasteiger partial charge >= 0.3 is 0 Å². The van der Waals surface area contributed by atoms with E-state index in [1.807, 2.05) is 24.3 Å². The summed E-state index contributed by atoms with van der Waals surface area (Å²) in [7, 11) is 0. The smallest absolute Gasteiger partial charge is 0.188 e. The fourth-order valence-corrected chi connectivity index (χ4v) is 2.44. The second-order valence-electron chi connectivity index (χ2n) is 6.11. The Morgan fingerprint density at radius 2 is 1.38 bits per heavy atom. The Morgan fingerprint density at radius 1 is 0.875 bits per heavy atom. The van der Waals surface area contributed by atoms with E-state index >= 15 is 0 Å². The Balaban J connectivity index is 1.28. The molecule has 0 bridgehead atoms. The number of hydrogen-bond acceptors (Lipinski definition) is 4. The van der Waals surface area contributed by atoms with E-state index in [4.69, 9.17) is 18.9 Å². The average molecular weight is 324 g/mol. The molecule has 2 fully saturated rings. The summed E-state index contributed by atoms with van der Waals surface area (Å²) in [5.41, 5.74) is 2.50. The van der Waals surface area contributed by atoms with Gasteiger partial charge in [0.1, 0.15) is 36.6 Å². The largest absolute Gasteiger partial charge is 0.491 e. The van der Waals surface area contributed by atoms with E-state index in [0.717, 1.165) is 30.3 Å². The van der Waals surface area contributed by atoms with Gasteiger partial charge in [0, 0.05) is 0 Å². The molecule has 4 heteroatoms. The first-order valence-electron chi connectivity index (χ1n) is 8.17.